The third kappa shape index (κ3) is 7.81. The third-order valence-electron chi connectivity index (χ3n) is 5.50. The Bertz CT molecular complexity index is 890. The van der Waals surface area contributed by atoms with Gasteiger partial charge in [0.2, 0.25) is 0 Å². The molecule has 2 N–H and O–H groups in total. The normalized spacial score (nSPS) is 11.4. The molecule has 0 aliphatic heterocycles. The molecule has 0 atom stereocenters. The lowest BCUT2D eigenvalue weighted by Gasteiger charge is -2.32. The van der Waals surface area contributed by atoms with Crippen LogP contribution >= 0.6 is 0 Å². The molecule has 180 valence electrons. The number of nitrogens with two attached hydrogens (primary N) is 1. The number of benzene rings is 2. The second kappa shape index (κ2) is 12.9. The first kappa shape index (κ1) is 26.2. The Morgan fingerprint density at radius 2 is 1.42 bits per heavy atom. The van der Waals surface area contributed by atoms with Crippen LogP contribution in [0.3, 0.4) is 0 Å². The average molecular weight is 454 g/mol. The summed E-state index contributed by atoms with van der Waals surface area (Å²) in [5.41, 5.74) is 3.64. The van der Waals surface area contributed by atoms with Crippen molar-refractivity contribution in [2.45, 2.75) is 72.9 Å². The lowest BCUT2D eigenvalue weighted by molar-refractivity contribution is 0.0642. The molecular weight excluding hydrogens is 414 g/mol. The van der Waals surface area contributed by atoms with E-state index in [1.807, 2.05) is 55.1 Å². The van der Waals surface area contributed by atoms with Gasteiger partial charge in [-0.15, -0.1) is 0 Å². The highest BCUT2D eigenvalue weighted by Gasteiger charge is 2.24. The monoisotopic (exact) mass is 453 g/mol. The van der Waals surface area contributed by atoms with Crippen molar-refractivity contribution in [3.63, 3.8) is 0 Å². The number of aryl methyl sites for hydroxylation is 2. The first-order valence-electron chi connectivity index (χ1n) is 11.8. The molecule has 1 amide bonds. The van der Waals surface area contributed by atoms with Crippen LogP contribution in [0.1, 0.15) is 74.0 Å². The van der Waals surface area contributed by atoms with Crippen molar-refractivity contribution in [2.24, 2.45) is 10.9 Å². The molecule has 0 unspecified atom stereocenters. The molecule has 0 bridgehead atoms. The van der Waals surface area contributed by atoms with Gasteiger partial charge in [-0.05, 0) is 114 Å². The van der Waals surface area contributed by atoms with Gasteiger partial charge in [-0.2, -0.15) is 5.10 Å². The number of carbonyl (C=O) groups excluding carboxylic acids is 1. The van der Waals surface area contributed by atoms with Crippen molar-refractivity contribution >= 4 is 12.1 Å². The standard InChI is InChI=1S/C27H39N3O3/c1-19(2)30(20(3)4)27(31)26-21(5)16-25(17-22(26)6)33-15-9-7-8-14-32-24-12-10-23(11-13-24)18-29-28/h10-13,16-20H,7-9,14-15,28H2,1-6H3. The summed E-state index contributed by atoms with van der Waals surface area (Å²) >= 11 is 0. The highest BCUT2D eigenvalue weighted by atomic mass is 16.5. The van der Waals surface area contributed by atoms with Crippen molar-refractivity contribution in [1.82, 2.24) is 4.90 Å². The molecule has 0 heterocycles. The largest absolute Gasteiger partial charge is 0.494 e. The Morgan fingerprint density at radius 1 is 0.909 bits per heavy atom. The molecule has 0 aliphatic rings. The summed E-state index contributed by atoms with van der Waals surface area (Å²) in [5, 5.41) is 3.51. The fraction of sp³-hybridized carbons (Fsp3) is 0.481. The Morgan fingerprint density at radius 3 is 1.91 bits per heavy atom. The van der Waals surface area contributed by atoms with Crippen molar-refractivity contribution in [2.75, 3.05) is 13.2 Å². The van der Waals surface area contributed by atoms with Crippen molar-refractivity contribution in [3.8, 4) is 11.5 Å². The first-order chi connectivity index (χ1) is 15.7. The van der Waals surface area contributed by atoms with Crippen LogP contribution in [0, 0.1) is 13.8 Å². The number of nitrogens with zero attached hydrogens (tertiary/aromatic N) is 2. The highest BCUT2D eigenvalue weighted by Crippen LogP contribution is 2.25. The summed E-state index contributed by atoms with van der Waals surface area (Å²) in [5.74, 6) is 6.90. The number of ether oxygens (including phenoxy) is 2. The van der Waals surface area contributed by atoms with Crippen molar-refractivity contribution < 1.29 is 14.3 Å². The predicted molar refractivity (Wildman–Crippen MR) is 135 cm³/mol. The number of hydrazone groups is 1. The quantitative estimate of drug-likeness (QED) is 0.200. The van der Waals surface area contributed by atoms with E-state index in [9.17, 15) is 4.79 Å². The lowest BCUT2D eigenvalue weighted by atomic mass is 9.99. The summed E-state index contributed by atoms with van der Waals surface area (Å²) < 4.78 is 11.7. The molecule has 0 saturated heterocycles. The zero-order chi connectivity index (χ0) is 24.4. The van der Waals surface area contributed by atoms with E-state index >= 15 is 0 Å². The SMILES string of the molecule is Cc1cc(OCCCCCOc2ccc(C=NN)cc2)cc(C)c1C(=O)N(C(C)C)C(C)C. The van der Waals surface area contributed by atoms with Crippen LogP contribution in [-0.4, -0.2) is 42.3 Å². The Labute approximate surface area is 198 Å². The molecule has 0 radical (unpaired) electrons. The molecule has 2 aromatic rings. The van der Waals surface area contributed by atoms with Crippen LogP contribution in [0.25, 0.3) is 0 Å². The Hall–Kier alpha value is -3.02. The van der Waals surface area contributed by atoms with Gasteiger partial charge < -0.3 is 20.2 Å². The average Bonchev–Trinajstić information content (AvgIpc) is 2.73. The summed E-state index contributed by atoms with van der Waals surface area (Å²) in [6.45, 7) is 13.5. The van der Waals surface area contributed by atoms with Crippen LogP contribution in [-0.2, 0) is 0 Å². The zero-order valence-electron chi connectivity index (χ0n) is 20.9. The van der Waals surface area contributed by atoms with Gasteiger partial charge in [0.15, 0.2) is 0 Å². The summed E-state index contributed by atoms with van der Waals surface area (Å²) in [4.78, 5) is 15.1. The van der Waals surface area contributed by atoms with E-state index in [0.717, 1.165) is 53.0 Å². The summed E-state index contributed by atoms with van der Waals surface area (Å²) in [6, 6.07) is 11.9. The van der Waals surface area contributed by atoms with Gasteiger partial charge in [0.25, 0.3) is 5.91 Å². The van der Waals surface area contributed by atoms with Gasteiger partial charge in [0.1, 0.15) is 11.5 Å². The van der Waals surface area contributed by atoms with Crippen molar-refractivity contribution in [3.05, 3.63) is 58.7 Å². The van der Waals surface area contributed by atoms with Crippen LogP contribution in [0.5, 0.6) is 11.5 Å². The zero-order valence-corrected chi connectivity index (χ0v) is 20.9. The molecule has 2 rings (SSSR count). The Kier molecular flexibility index (Phi) is 10.2. The molecule has 0 aliphatic carbocycles. The van der Waals surface area contributed by atoms with E-state index in [2.05, 4.69) is 32.8 Å². The molecule has 6 heteroatoms. The minimum atomic E-state index is 0.0868. The maximum absolute atomic E-state index is 13.2. The van der Waals surface area contributed by atoms with Gasteiger partial charge in [0.05, 0.1) is 19.4 Å². The van der Waals surface area contributed by atoms with E-state index in [-0.39, 0.29) is 18.0 Å². The molecule has 0 fully saturated rings. The fourth-order valence-corrected chi connectivity index (χ4v) is 4.04. The minimum Gasteiger partial charge on any atom is -0.494 e. The minimum absolute atomic E-state index is 0.0868. The first-order valence-corrected chi connectivity index (χ1v) is 11.8. The number of amides is 1. The number of rotatable bonds is 12. The molecule has 0 aromatic heterocycles. The van der Waals surface area contributed by atoms with Crippen LogP contribution in [0.15, 0.2) is 41.5 Å². The molecule has 33 heavy (non-hydrogen) atoms. The molecule has 0 saturated carbocycles. The smallest absolute Gasteiger partial charge is 0.254 e. The van der Waals surface area contributed by atoms with E-state index in [4.69, 9.17) is 15.3 Å². The van der Waals surface area contributed by atoms with E-state index < -0.39 is 0 Å². The predicted octanol–water partition coefficient (Wildman–Crippen LogP) is 5.48. The van der Waals surface area contributed by atoms with Gasteiger partial charge in [-0.25, -0.2) is 0 Å². The van der Waals surface area contributed by atoms with Crippen LogP contribution < -0.4 is 15.3 Å². The summed E-state index contributed by atoms with van der Waals surface area (Å²) in [7, 11) is 0. The van der Waals surface area contributed by atoms with Gasteiger partial charge in [-0.1, -0.05) is 0 Å². The lowest BCUT2D eigenvalue weighted by Crippen LogP contribution is -2.42. The number of hydrogen-bond acceptors (Lipinski definition) is 5. The fourth-order valence-electron chi connectivity index (χ4n) is 4.04. The second-order valence-electron chi connectivity index (χ2n) is 8.94. The van der Waals surface area contributed by atoms with E-state index in [1.54, 1.807) is 6.21 Å². The van der Waals surface area contributed by atoms with E-state index in [1.165, 1.54) is 0 Å². The van der Waals surface area contributed by atoms with Gasteiger partial charge in [0, 0.05) is 17.6 Å². The van der Waals surface area contributed by atoms with Gasteiger partial charge in [-0.3, -0.25) is 4.79 Å². The van der Waals surface area contributed by atoms with Gasteiger partial charge >= 0.3 is 0 Å². The number of carbonyl (C=O) groups is 1. The molecule has 2 aromatic carbocycles. The Balaban J connectivity index is 1.78. The number of unbranched alkanes of at least 4 members (excludes halogenated alkanes) is 2. The van der Waals surface area contributed by atoms with Crippen molar-refractivity contribution in [1.29, 1.82) is 0 Å². The van der Waals surface area contributed by atoms with Crippen LogP contribution in [0.2, 0.25) is 0 Å². The topological polar surface area (TPSA) is 77.1 Å². The highest BCUT2D eigenvalue weighted by molar-refractivity contribution is 5.97. The van der Waals surface area contributed by atoms with Crippen LogP contribution in [0.4, 0.5) is 0 Å². The number of hydrogen-bond donors (Lipinski definition) is 1. The maximum Gasteiger partial charge on any atom is 0.254 e. The molecular formula is C27H39N3O3. The molecule has 0 spiro atoms. The van der Waals surface area contributed by atoms with E-state index in [0.29, 0.717) is 13.2 Å². The summed E-state index contributed by atoms with van der Waals surface area (Å²) in [6.07, 6.45) is 4.53. The second-order valence-corrected chi connectivity index (χ2v) is 8.94. The third-order valence-corrected chi connectivity index (χ3v) is 5.50. The maximum atomic E-state index is 13.2. The molecule has 6 nitrogen and oxygen atoms in total.